The van der Waals surface area contributed by atoms with Gasteiger partial charge in [-0.2, -0.15) is 0 Å². The van der Waals surface area contributed by atoms with Gasteiger partial charge in [0, 0.05) is 15.7 Å². The summed E-state index contributed by atoms with van der Waals surface area (Å²) in [4.78, 5) is 11.7. The molecule has 2 aromatic rings. The fourth-order valence-electron chi connectivity index (χ4n) is 1.77. The van der Waals surface area contributed by atoms with Crippen molar-refractivity contribution in [1.29, 1.82) is 0 Å². The van der Waals surface area contributed by atoms with E-state index in [2.05, 4.69) is 10.6 Å². The first kappa shape index (κ1) is 16.5. The van der Waals surface area contributed by atoms with E-state index in [1.807, 2.05) is 31.2 Å². The predicted molar refractivity (Wildman–Crippen MR) is 90.2 cm³/mol. The minimum Gasteiger partial charge on any atom is -0.492 e. The summed E-state index contributed by atoms with van der Waals surface area (Å²) in [7, 11) is 0. The third-order valence-electron chi connectivity index (χ3n) is 2.80. The van der Waals surface area contributed by atoms with E-state index in [0.29, 0.717) is 28.9 Å². The van der Waals surface area contributed by atoms with Crippen LogP contribution in [0.2, 0.25) is 10.0 Å². The van der Waals surface area contributed by atoms with Crippen molar-refractivity contribution in [2.75, 3.05) is 18.5 Å². The van der Waals surface area contributed by atoms with Gasteiger partial charge in [0.15, 0.2) is 0 Å². The van der Waals surface area contributed by atoms with Crippen molar-refractivity contribution < 1.29 is 9.53 Å². The van der Waals surface area contributed by atoms with Crippen molar-refractivity contribution in [3.05, 3.63) is 58.1 Å². The normalized spacial score (nSPS) is 10.1. The van der Waals surface area contributed by atoms with Gasteiger partial charge in [-0.3, -0.25) is 0 Å². The van der Waals surface area contributed by atoms with E-state index in [1.54, 1.807) is 18.2 Å². The third-order valence-corrected chi connectivity index (χ3v) is 3.23. The summed E-state index contributed by atoms with van der Waals surface area (Å²) in [5.41, 5.74) is 1.71. The number of benzene rings is 2. The van der Waals surface area contributed by atoms with Crippen LogP contribution in [0, 0.1) is 6.92 Å². The van der Waals surface area contributed by atoms with E-state index >= 15 is 0 Å². The number of hydrogen-bond donors (Lipinski definition) is 2. The Morgan fingerprint density at radius 3 is 2.36 bits per heavy atom. The Morgan fingerprint density at radius 1 is 1.09 bits per heavy atom. The molecule has 0 radical (unpaired) electrons. The van der Waals surface area contributed by atoms with Crippen LogP contribution in [-0.2, 0) is 0 Å². The van der Waals surface area contributed by atoms with Crippen molar-refractivity contribution in [3.63, 3.8) is 0 Å². The van der Waals surface area contributed by atoms with Gasteiger partial charge in [0.1, 0.15) is 12.4 Å². The molecule has 0 aliphatic heterocycles. The number of carbonyl (C=O) groups is 1. The Bertz CT molecular complexity index is 625. The maximum absolute atomic E-state index is 11.7. The summed E-state index contributed by atoms with van der Waals surface area (Å²) in [5.74, 6) is 0.773. The van der Waals surface area contributed by atoms with Crippen LogP contribution in [0.4, 0.5) is 10.5 Å². The van der Waals surface area contributed by atoms with E-state index in [-0.39, 0.29) is 6.03 Å². The van der Waals surface area contributed by atoms with Crippen LogP contribution in [-0.4, -0.2) is 19.2 Å². The van der Waals surface area contributed by atoms with Crippen LogP contribution in [0.3, 0.4) is 0 Å². The van der Waals surface area contributed by atoms with Crippen LogP contribution in [0.25, 0.3) is 0 Å². The molecule has 2 aromatic carbocycles. The molecule has 2 rings (SSSR count). The third kappa shape index (κ3) is 5.47. The van der Waals surface area contributed by atoms with Crippen molar-refractivity contribution in [1.82, 2.24) is 5.32 Å². The van der Waals surface area contributed by atoms with Crippen molar-refractivity contribution in [3.8, 4) is 5.75 Å². The summed E-state index contributed by atoms with van der Waals surface area (Å²) in [6.07, 6.45) is 0. The van der Waals surface area contributed by atoms with Gasteiger partial charge in [0.05, 0.1) is 6.54 Å². The monoisotopic (exact) mass is 338 g/mol. The Morgan fingerprint density at radius 2 is 1.73 bits per heavy atom. The number of anilines is 1. The highest BCUT2D eigenvalue weighted by molar-refractivity contribution is 6.35. The van der Waals surface area contributed by atoms with Gasteiger partial charge in [-0.15, -0.1) is 0 Å². The fraction of sp³-hybridized carbons (Fsp3) is 0.188. The molecule has 2 N–H and O–H groups in total. The number of ether oxygens (including phenoxy) is 1. The number of halogens is 2. The molecule has 2 amide bonds. The summed E-state index contributed by atoms with van der Waals surface area (Å²) < 4.78 is 5.52. The first-order chi connectivity index (χ1) is 10.5. The average molecular weight is 339 g/mol. The number of aryl methyl sites for hydroxylation is 1. The molecular formula is C16H16Cl2N2O2. The van der Waals surface area contributed by atoms with Crippen molar-refractivity contribution >= 4 is 34.9 Å². The van der Waals surface area contributed by atoms with Gasteiger partial charge in [-0.1, -0.05) is 40.9 Å². The number of rotatable bonds is 5. The second-order valence-electron chi connectivity index (χ2n) is 4.70. The Hall–Kier alpha value is -1.91. The first-order valence-corrected chi connectivity index (χ1v) is 7.49. The van der Waals surface area contributed by atoms with Gasteiger partial charge < -0.3 is 15.4 Å². The highest BCUT2D eigenvalue weighted by Gasteiger charge is 2.03. The largest absolute Gasteiger partial charge is 0.492 e. The molecule has 6 heteroatoms. The highest BCUT2D eigenvalue weighted by Crippen LogP contribution is 2.22. The van der Waals surface area contributed by atoms with Crippen LogP contribution < -0.4 is 15.4 Å². The standard InChI is InChI=1S/C16H16Cl2N2O2/c1-11-2-4-15(5-3-11)22-7-6-19-16(21)20-14-9-12(17)8-13(18)10-14/h2-5,8-10H,6-7H2,1H3,(H2,19,20,21). The minimum atomic E-state index is -0.342. The smallest absolute Gasteiger partial charge is 0.319 e. The molecule has 22 heavy (non-hydrogen) atoms. The second kappa shape index (κ2) is 7.92. The van der Waals surface area contributed by atoms with Crippen LogP contribution >= 0.6 is 23.2 Å². The average Bonchev–Trinajstić information content (AvgIpc) is 2.44. The lowest BCUT2D eigenvalue weighted by molar-refractivity contribution is 0.247. The molecule has 0 aliphatic carbocycles. The van der Waals surface area contributed by atoms with Crippen LogP contribution in [0.15, 0.2) is 42.5 Å². The van der Waals surface area contributed by atoms with Gasteiger partial charge in [0.25, 0.3) is 0 Å². The summed E-state index contributed by atoms with van der Waals surface area (Å²) >= 11 is 11.7. The Balaban J connectivity index is 1.72. The SMILES string of the molecule is Cc1ccc(OCCNC(=O)Nc2cc(Cl)cc(Cl)c2)cc1. The molecule has 4 nitrogen and oxygen atoms in total. The highest BCUT2D eigenvalue weighted by atomic mass is 35.5. The van der Waals surface area contributed by atoms with Crippen LogP contribution in [0.1, 0.15) is 5.56 Å². The number of carbonyl (C=O) groups excluding carboxylic acids is 1. The number of hydrogen-bond acceptors (Lipinski definition) is 2. The van der Waals surface area contributed by atoms with Gasteiger partial charge in [-0.25, -0.2) is 4.79 Å². The maximum Gasteiger partial charge on any atom is 0.319 e. The summed E-state index contributed by atoms with van der Waals surface area (Å²) in [6.45, 7) is 2.78. The zero-order valence-electron chi connectivity index (χ0n) is 12.0. The molecule has 0 spiro atoms. The number of nitrogens with one attached hydrogen (secondary N) is 2. The number of urea groups is 1. The molecule has 116 valence electrons. The van der Waals surface area contributed by atoms with E-state index < -0.39 is 0 Å². The van der Waals surface area contributed by atoms with E-state index in [0.717, 1.165) is 5.75 Å². The molecule has 0 fully saturated rings. The molecule has 0 unspecified atom stereocenters. The van der Waals surface area contributed by atoms with Crippen molar-refractivity contribution in [2.24, 2.45) is 0 Å². The lowest BCUT2D eigenvalue weighted by Gasteiger charge is -2.09. The minimum absolute atomic E-state index is 0.342. The molecule has 0 saturated heterocycles. The molecule has 0 aliphatic rings. The lowest BCUT2D eigenvalue weighted by Crippen LogP contribution is -2.32. The topological polar surface area (TPSA) is 50.4 Å². The molecular weight excluding hydrogens is 323 g/mol. The van der Waals surface area contributed by atoms with E-state index in [1.165, 1.54) is 5.56 Å². The Kier molecular flexibility index (Phi) is 5.92. The van der Waals surface area contributed by atoms with E-state index in [9.17, 15) is 4.79 Å². The molecule has 0 aromatic heterocycles. The molecule has 0 saturated carbocycles. The number of amides is 2. The molecule has 0 heterocycles. The first-order valence-electron chi connectivity index (χ1n) is 6.73. The van der Waals surface area contributed by atoms with Gasteiger partial charge >= 0.3 is 6.03 Å². The van der Waals surface area contributed by atoms with Crippen molar-refractivity contribution in [2.45, 2.75) is 6.92 Å². The zero-order valence-corrected chi connectivity index (χ0v) is 13.5. The van der Waals surface area contributed by atoms with E-state index in [4.69, 9.17) is 27.9 Å². The molecule has 0 bridgehead atoms. The zero-order chi connectivity index (χ0) is 15.9. The summed E-state index contributed by atoms with van der Waals surface area (Å²) in [6, 6.07) is 12.2. The van der Waals surface area contributed by atoms with Gasteiger partial charge in [-0.05, 0) is 37.3 Å². The Labute approximate surface area is 139 Å². The second-order valence-corrected chi connectivity index (χ2v) is 5.57. The quantitative estimate of drug-likeness (QED) is 0.788. The fourth-order valence-corrected chi connectivity index (χ4v) is 2.30. The predicted octanol–water partition coefficient (Wildman–Crippen LogP) is 4.50. The molecule has 0 atom stereocenters. The van der Waals surface area contributed by atoms with Gasteiger partial charge in [0.2, 0.25) is 0 Å². The maximum atomic E-state index is 11.7. The summed E-state index contributed by atoms with van der Waals surface area (Å²) in [5, 5.41) is 6.27. The van der Waals surface area contributed by atoms with Crippen LogP contribution in [0.5, 0.6) is 5.75 Å². The lowest BCUT2D eigenvalue weighted by atomic mass is 10.2.